The van der Waals surface area contributed by atoms with Gasteiger partial charge in [0.15, 0.2) is 0 Å². The third kappa shape index (κ3) is 4.47. The molecule has 3 N–H and O–H groups in total. The second-order valence-electron chi connectivity index (χ2n) is 5.22. The molecule has 2 rings (SSSR count). The highest BCUT2D eigenvalue weighted by atomic mass is 35.5. The van der Waals surface area contributed by atoms with Gasteiger partial charge in [-0.1, -0.05) is 24.1 Å². The SMILES string of the molecule is NCc1ccc(NC(=O)CCN2CCCCC2)c(Cl)c1. The van der Waals surface area contributed by atoms with Crippen LogP contribution in [0.4, 0.5) is 5.69 Å². The number of piperidine rings is 1. The van der Waals surface area contributed by atoms with Crippen molar-refractivity contribution >= 4 is 23.2 Å². The van der Waals surface area contributed by atoms with Crippen molar-refractivity contribution in [1.29, 1.82) is 0 Å². The maximum atomic E-state index is 11.9. The van der Waals surface area contributed by atoms with Crippen molar-refractivity contribution in [1.82, 2.24) is 4.90 Å². The highest BCUT2D eigenvalue weighted by Gasteiger charge is 2.12. The van der Waals surface area contributed by atoms with Crippen LogP contribution in [0.25, 0.3) is 0 Å². The molecule has 1 aromatic rings. The molecule has 1 fully saturated rings. The van der Waals surface area contributed by atoms with Crippen LogP contribution in [0.1, 0.15) is 31.2 Å². The van der Waals surface area contributed by atoms with Gasteiger partial charge in [0.25, 0.3) is 0 Å². The number of hydrogen-bond acceptors (Lipinski definition) is 3. The Balaban J connectivity index is 1.81. The molecule has 110 valence electrons. The Labute approximate surface area is 125 Å². The lowest BCUT2D eigenvalue weighted by Gasteiger charge is -2.26. The van der Waals surface area contributed by atoms with Crippen LogP contribution in [-0.4, -0.2) is 30.4 Å². The first-order valence-electron chi connectivity index (χ1n) is 7.20. The monoisotopic (exact) mass is 295 g/mol. The van der Waals surface area contributed by atoms with E-state index in [0.717, 1.165) is 25.2 Å². The number of amides is 1. The second kappa shape index (κ2) is 7.62. The van der Waals surface area contributed by atoms with Crippen LogP contribution in [0.5, 0.6) is 0 Å². The van der Waals surface area contributed by atoms with Gasteiger partial charge in [0.05, 0.1) is 10.7 Å². The maximum Gasteiger partial charge on any atom is 0.225 e. The van der Waals surface area contributed by atoms with Gasteiger partial charge in [-0.05, 0) is 43.6 Å². The molecule has 1 amide bonds. The zero-order valence-electron chi connectivity index (χ0n) is 11.7. The Bertz CT molecular complexity index is 458. The average molecular weight is 296 g/mol. The number of nitrogens with two attached hydrogens (primary N) is 1. The highest BCUT2D eigenvalue weighted by molar-refractivity contribution is 6.33. The Morgan fingerprint density at radius 2 is 2.05 bits per heavy atom. The van der Waals surface area contributed by atoms with Crippen LogP contribution in [0.15, 0.2) is 18.2 Å². The smallest absolute Gasteiger partial charge is 0.225 e. The lowest BCUT2D eigenvalue weighted by atomic mass is 10.1. The molecule has 1 aliphatic rings. The second-order valence-corrected chi connectivity index (χ2v) is 5.63. The molecule has 0 aromatic heterocycles. The van der Waals surface area contributed by atoms with Crippen LogP contribution in [0.3, 0.4) is 0 Å². The number of anilines is 1. The van der Waals surface area contributed by atoms with Crippen molar-refractivity contribution in [3.05, 3.63) is 28.8 Å². The van der Waals surface area contributed by atoms with E-state index >= 15 is 0 Å². The molecule has 4 nitrogen and oxygen atoms in total. The molecule has 0 aliphatic carbocycles. The minimum Gasteiger partial charge on any atom is -0.326 e. The van der Waals surface area contributed by atoms with E-state index in [4.69, 9.17) is 17.3 Å². The molecule has 0 saturated carbocycles. The largest absolute Gasteiger partial charge is 0.326 e. The molecule has 0 unspecified atom stereocenters. The standard InChI is InChI=1S/C15H22ClN3O/c16-13-10-12(11-17)4-5-14(13)18-15(20)6-9-19-7-2-1-3-8-19/h4-5,10H,1-3,6-9,11,17H2,(H,18,20). The summed E-state index contributed by atoms with van der Waals surface area (Å²) in [4.78, 5) is 14.3. The number of benzene rings is 1. The van der Waals surface area contributed by atoms with E-state index in [1.165, 1.54) is 19.3 Å². The van der Waals surface area contributed by atoms with Gasteiger partial charge in [-0.3, -0.25) is 4.79 Å². The average Bonchev–Trinajstić information content (AvgIpc) is 2.48. The Morgan fingerprint density at radius 1 is 1.30 bits per heavy atom. The van der Waals surface area contributed by atoms with E-state index in [2.05, 4.69) is 10.2 Å². The predicted molar refractivity (Wildman–Crippen MR) is 82.9 cm³/mol. The highest BCUT2D eigenvalue weighted by Crippen LogP contribution is 2.23. The Morgan fingerprint density at radius 3 is 2.70 bits per heavy atom. The Hall–Kier alpha value is -1.10. The van der Waals surface area contributed by atoms with E-state index in [9.17, 15) is 4.79 Å². The van der Waals surface area contributed by atoms with Crippen molar-refractivity contribution in [2.75, 3.05) is 25.0 Å². The first kappa shape index (κ1) is 15.3. The molecule has 20 heavy (non-hydrogen) atoms. The zero-order chi connectivity index (χ0) is 14.4. The number of carbonyl (C=O) groups is 1. The fourth-order valence-corrected chi connectivity index (χ4v) is 2.69. The Kier molecular flexibility index (Phi) is 5.83. The van der Waals surface area contributed by atoms with Crippen molar-refractivity contribution in [2.45, 2.75) is 32.2 Å². The van der Waals surface area contributed by atoms with Gasteiger partial charge in [-0.15, -0.1) is 0 Å². The van der Waals surface area contributed by atoms with Crippen LogP contribution >= 0.6 is 11.6 Å². The van der Waals surface area contributed by atoms with Crippen LogP contribution in [-0.2, 0) is 11.3 Å². The summed E-state index contributed by atoms with van der Waals surface area (Å²) in [6, 6.07) is 5.48. The summed E-state index contributed by atoms with van der Waals surface area (Å²) in [7, 11) is 0. The van der Waals surface area contributed by atoms with E-state index in [-0.39, 0.29) is 5.91 Å². The lowest BCUT2D eigenvalue weighted by Crippen LogP contribution is -2.32. The summed E-state index contributed by atoms with van der Waals surface area (Å²) in [5.41, 5.74) is 7.17. The van der Waals surface area contributed by atoms with Gasteiger partial charge in [-0.25, -0.2) is 0 Å². The lowest BCUT2D eigenvalue weighted by molar-refractivity contribution is -0.116. The maximum absolute atomic E-state index is 11.9. The van der Waals surface area contributed by atoms with E-state index in [1.54, 1.807) is 6.07 Å². The molecular weight excluding hydrogens is 274 g/mol. The molecule has 1 saturated heterocycles. The normalized spacial score (nSPS) is 16.1. The molecule has 1 aliphatic heterocycles. The van der Waals surface area contributed by atoms with Gasteiger partial charge < -0.3 is 16.0 Å². The number of halogens is 1. The van der Waals surface area contributed by atoms with Crippen molar-refractivity contribution in [2.24, 2.45) is 5.73 Å². The number of nitrogens with one attached hydrogen (secondary N) is 1. The van der Waals surface area contributed by atoms with E-state index in [1.807, 2.05) is 12.1 Å². The zero-order valence-corrected chi connectivity index (χ0v) is 12.5. The molecule has 0 radical (unpaired) electrons. The number of hydrogen-bond donors (Lipinski definition) is 2. The van der Waals surface area contributed by atoms with Crippen molar-refractivity contribution in [3.8, 4) is 0 Å². The first-order valence-corrected chi connectivity index (χ1v) is 7.57. The summed E-state index contributed by atoms with van der Waals surface area (Å²) in [5.74, 6) is 0.0120. The summed E-state index contributed by atoms with van der Waals surface area (Å²) < 4.78 is 0. The summed E-state index contributed by atoms with van der Waals surface area (Å²) in [6.45, 7) is 3.49. The third-order valence-electron chi connectivity index (χ3n) is 3.65. The minimum absolute atomic E-state index is 0.0120. The number of nitrogens with zero attached hydrogens (tertiary/aromatic N) is 1. The van der Waals surface area contributed by atoms with Gasteiger partial charge >= 0.3 is 0 Å². The van der Waals surface area contributed by atoms with Crippen molar-refractivity contribution < 1.29 is 4.79 Å². The van der Waals surface area contributed by atoms with Gasteiger partial charge in [-0.2, -0.15) is 0 Å². The van der Waals surface area contributed by atoms with E-state index in [0.29, 0.717) is 23.7 Å². The molecule has 5 heteroatoms. The minimum atomic E-state index is 0.0120. The van der Waals surface area contributed by atoms with Crippen LogP contribution in [0, 0.1) is 0 Å². The van der Waals surface area contributed by atoms with Crippen LogP contribution < -0.4 is 11.1 Å². The van der Waals surface area contributed by atoms with Gasteiger partial charge in [0, 0.05) is 19.5 Å². The topological polar surface area (TPSA) is 58.4 Å². The molecule has 0 spiro atoms. The summed E-state index contributed by atoms with van der Waals surface area (Å²) in [5, 5.41) is 3.40. The van der Waals surface area contributed by atoms with Gasteiger partial charge in [0.2, 0.25) is 5.91 Å². The fraction of sp³-hybridized carbons (Fsp3) is 0.533. The molecular formula is C15H22ClN3O. The van der Waals surface area contributed by atoms with Gasteiger partial charge in [0.1, 0.15) is 0 Å². The van der Waals surface area contributed by atoms with E-state index < -0.39 is 0 Å². The quantitative estimate of drug-likeness (QED) is 0.878. The third-order valence-corrected chi connectivity index (χ3v) is 3.96. The molecule has 0 bridgehead atoms. The predicted octanol–water partition coefficient (Wildman–Crippen LogP) is 2.61. The summed E-state index contributed by atoms with van der Waals surface area (Å²) in [6.07, 6.45) is 4.31. The summed E-state index contributed by atoms with van der Waals surface area (Å²) >= 11 is 6.12. The van der Waals surface area contributed by atoms with Crippen molar-refractivity contribution in [3.63, 3.8) is 0 Å². The number of likely N-dealkylation sites (tertiary alicyclic amines) is 1. The first-order chi connectivity index (χ1) is 9.69. The molecule has 0 atom stereocenters. The fourth-order valence-electron chi connectivity index (χ4n) is 2.44. The van der Waals surface area contributed by atoms with Crippen LogP contribution in [0.2, 0.25) is 5.02 Å². The number of carbonyl (C=O) groups excluding carboxylic acids is 1. The molecule has 1 heterocycles. The molecule has 1 aromatic carbocycles. The number of rotatable bonds is 5.